The Morgan fingerprint density at radius 1 is 1.00 bits per heavy atom. The molecule has 0 aliphatic carbocycles. The molecular formula is C23H22N4O5S. The number of imide groups is 1. The lowest BCUT2D eigenvalue weighted by Crippen LogP contribution is -2.31. The van der Waals surface area contributed by atoms with Crippen molar-refractivity contribution in [2.24, 2.45) is 0 Å². The SMILES string of the molecule is COc1ccc(OCCCC(=O)Nc2nnc(CCN3C(=O)c4ccccc4C3=O)s2)cc1. The van der Waals surface area contributed by atoms with Gasteiger partial charge in [0.25, 0.3) is 11.8 Å². The van der Waals surface area contributed by atoms with Crippen LogP contribution in [0.2, 0.25) is 0 Å². The number of amides is 3. The summed E-state index contributed by atoms with van der Waals surface area (Å²) in [5.41, 5.74) is 0.840. The largest absolute Gasteiger partial charge is 0.497 e. The summed E-state index contributed by atoms with van der Waals surface area (Å²) < 4.78 is 10.7. The average molecular weight is 467 g/mol. The molecule has 3 amide bonds. The standard InChI is InChI=1S/C23H22N4O5S/c1-31-15-8-10-16(11-9-15)32-14-4-7-19(28)24-23-26-25-20(33-23)12-13-27-21(29)17-5-2-3-6-18(17)22(27)30/h2-3,5-6,8-11H,4,7,12-14H2,1H3,(H,24,26,28). The molecule has 9 nitrogen and oxygen atoms in total. The Balaban J connectivity index is 1.19. The minimum atomic E-state index is -0.300. The lowest BCUT2D eigenvalue weighted by Gasteiger charge is -2.12. The maximum atomic E-state index is 12.4. The van der Waals surface area contributed by atoms with Crippen molar-refractivity contribution < 1.29 is 23.9 Å². The zero-order valence-electron chi connectivity index (χ0n) is 17.9. The van der Waals surface area contributed by atoms with Crippen LogP contribution in [0.4, 0.5) is 5.13 Å². The van der Waals surface area contributed by atoms with Crippen molar-refractivity contribution in [2.75, 3.05) is 25.6 Å². The molecule has 0 atom stereocenters. The molecule has 2 heterocycles. The highest BCUT2D eigenvalue weighted by molar-refractivity contribution is 7.15. The third-order valence-electron chi connectivity index (χ3n) is 5.02. The lowest BCUT2D eigenvalue weighted by molar-refractivity contribution is -0.116. The summed E-state index contributed by atoms with van der Waals surface area (Å²) in [6.45, 7) is 0.610. The number of fused-ring (bicyclic) bond motifs is 1. The van der Waals surface area contributed by atoms with Crippen LogP contribution in [0.1, 0.15) is 38.6 Å². The zero-order chi connectivity index (χ0) is 23.2. The number of hydrogen-bond donors (Lipinski definition) is 1. The first-order valence-corrected chi connectivity index (χ1v) is 11.2. The fourth-order valence-electron chi connectivity index (χ4n) is 3.33. The van der Waals surface area contributed by atoms with E-state index in [1.165, 1.54) is 16.2 Å². The number of rotatable bonds is 10. The zero-order valence-corrected chi connectivity index (χ0v) is 18.8. The summed E-state index contributed by atoms with van der Waals surface area (Å²) >= 11 is 1.22. The average Bonchev–Trinajstić information content (AvgIpc) is 3.38. The second kappa shape index (κ2) is 10.2. The Bertz CT molecular complexity index is 1130. The van der Waals surface area contributed by atoms with E-state index in [0.717, 1.165) is 5.75 Å². The van der Waals surface area contributed by atoms with E-state index in [1.54, 1.807) is 31.4 Å². The number of carbonyl (C=O) groups is 3. The van der Waals surface area contributed by atoms with E-state index in [9.17, 15) is 14.4 Å². The number of nitrogens with zero attached hydrogens (tertiary/aromatic N) is 3. The monoisotopic (exact) mass is 466 g/mol. The predicted molar refractivity (Wildman–Crippen MR) is 122 cm³/mol. The molecule has 4 rings (SSSR count). The second-order valence-corrected chi connectivity index (χ2v) is 8.30. The van der Waals surface area contributed by atoms with Crippen LogP contribution in [0.3, 0.4) is 0 Å². The first kappa shape index (κ1) is 22.4. The van der Waals surface area contributed by atoms with E-state index in [4.69, 9.17) is 9.47 Å². The molecule has 1 aliphatic heterocycles. The van der Waals surface area contributed by atoms with Crippen molar-refractivity contribution in [1.29, 1.82) is 0 Å². The van der Waals surface area contributed by atoms with Crippen molar-refractivity contribution in [2.45, 2.75) is 19.3 Å². The topological polar surface area (TPSA) is 111 Å². The number of anilines is 1. The maximum absolute atomic E-state index is 12.4. The third kappa shape index (κ3) is 5.35. The normalized spacial score (nSPS) is 12.6. The highest BCUT2D eigenvalue weighted by Gasteiger charge is 2.34. The number of aromatic nitrogens is 2. The number of methoxy groups -OCH3 is 1. The second-order valence-electron chi connectivity index (χ2n) is 7.23. The van der Waals surface area contributed by atoms with E-state index in [2.05, 4.69) is 15.5 Å². The number of benzene rings is 2. The van der Waals surface area contributed by atoms with E-state index in [-0.39, 0.29) is 30.7 Å². The van der Waals surface area contributed by atoms with Gasteiger partial charge in [0.1, 0.15) is 16.5 Å². The van der Waals surface area contributed by atoms with Crippen molar-refractivity contribution in [3.8, 4) is 11.5 Å². The van der Waals surface area contributed by atoms with Gasteiger partial charge in [0.2, 0.25) is 11.0 Å². The van der Waals surface area contributed by atoms with Gasteiger partial charge in [0.15, 0.2) is 0 Å². The Kier molecular flexibility index (Phi) is 6.94. The van der Waals surface area contributed by atoms with Crippen molar-refractivity contribution >= 4 is 34.2 Å². The minimum Gasteiger partial charge on any atom is -0.497 e. The molecule has 1 aromatic heterocycles. The van der Waals surface area contributed by atoms with E-state index >= 15 is 0 Å². The predicted octanol–water partition coefficient (Wildman–Crippen LogP) is 3.18. The van der Waals surface area contributed by atoms with Crippen molar-refractivity contribution in [3.63, 3.8) is 0 Å². The molecule has 170 valence electrons. The molecule has 0 saturated heterocycles. The van der Waals surface area contributed by atoms with Gasteiger partial charge < -0.3 is 14.8 Å². The highest BCUT2D eigenvalue weighted by atomic mass is 32.1. The van der Waals surface area contributed by atoms with E-state index in [1.807, 2.05) is 24.3 Å². The summed E-state index contributed by atoms with van der Waals surface area (Å²) in [7, 11) is 1.60. The molecule has 0 fully saturated rings. The Hall–Kier alpha value is -3.79. The fraction of sp³-hybridized carbons (Fsp3) is 0.261. The number of nitrogens with one attached hydrogen (secondary N) is 1. The minimum absolute atomic E-state index is 0.184. The molecule has 3 aromatic rings. The number of hydrogen-bond acceptors (Lipinski definition) is 8. The molecule has 10 heteroatoms. The first-order chi connectivity index (χ1) is 16.0. The van der Waals surface area contributed by atoms with Gasteiger partial charge >= 0.3 is 0 Å². The van der Waals surface area contributed by atoms with Gasteiger partial charge in [-0.3, -0.25) is 19.3 Å². The Morgan fingerprint density at radius 2 is 1.67 bits per heavy atom. The van der Waals surface area contributed by atoms with Gasteiger partial charge in [0, 0.05) is 19.4 Å². The third-order valence-corrected chi connectivity index (χ3v) is 5.92. The van der Waals surface area contributed by atoms with Crippen LogP contribution >= 0.6 is 11.3 Å². The summed E-state index contributed by atoms with van der Waals surface area (Å²) in [5, 5.41) is 11.8. The van der Waals surface area contributed by atoms with Crippen molar-refractivity contribution in [1.82, 2.24) is 15.1 Å². The molecule has 0 spiro atoms. The molecule has 1 aliphatic rings. The number of carbonyl (C=O) groups excluding carboxylic acids is 3. The molecule has 0 unspecified atom stereocenters. The fourth-order valence-corrected chi connectivity index (χ4v) is 4.08. The lowest BCUT2D eigenvalue weighted by atomic mass is 10.1. The van der Waals surface area contributed by atoms with E-state index in [0.29, 0.717) is 46.5 Å². The van der Waals surface area contributed by atoms with Gasteiger partial charge in [-0.1, -0.05) is 23.5 Å². The maximum Gasteiger partial charge on any atom is 0.261 e. The van der Waals surface area contributed by atoms with Crippen LogP contribution in [0.5, 0.6) is 11.5 Å². The van der Waals surface area contributed by atoms with Crippen LogP contribution in [0.15, 0.2) is 48.5 Å². The first-order valence-electron chi connectivity index (χ1n) is 10.4. The molecule has 1 N–H and O–H groups in total. The molecule has 0 bridgehead atoms. The van der Waals surface area contributed by atoms with Gasteiger partial charge in [-0.2, -0.15) is 0 Å². The number of ether oxygens (including phenoxy) is 2. The van der Waals surface area contributed by atoms with Gasteiger partial charge in [0.05, 0.1) is 24.8 Å². The summed E-state index contributed by atoms with van der Waals surface area (Å²) in [4.78, 5) is 38.2. The molecule has 0 saturated carbocycles. The highest BCUT2D eigenvalue weighted by Crippen LogP contribution is 2.24. The Morgan fingerprint density at radius 3 is 2.33 bits per heavy atom. The molecular weight excluding hydrogens is 444 g/mol. The van der Waals surface area contributed by atoms with Crippen LogP contribution in [0.25, 0.3) is 0 Å². The van der Waals surface area contributed by atoms with E-state index < -0.39 is 0 Å². The van der Waals surface area contributed by atoms with Crippen LogP contribution in [0, 0.1) is 0 Å². The van der Waals surface area contributed by atoms with Gasteiger partial charge in [-0.25, -0.2) is 0 Å². The van der Waals surface area contributed by atoms with Crippen LogP contribution < -0.4 is 14.8 Å². The molecule has 0 radical (unpaired) electrons. The molecule has 33 heavy (non-hydrogen) atoms. The molecule has 2 aromatic carbocycles. The summed E-state index contributed by atoms with van der Waals surface area (Å²) in [6.07, 6.45) is 1.19. The van der Waals surface area contributed by atoms with Crippen LogP contribution in [-0.2, 0) is 11.2 Å². The van der Waals surface area contributed by atoms with Gasteiger partial charge in [-0.15, -0.1) is 10.2 Å². The van der Waals surface area contributed by atoms with Crippen molar-refractivity contribution in [3.05, 3.63) is 64.7 Å². The smallest absolute Gasteiger partial charge is 0.261 e. The summed E-state index contributed by atoms with van der Waals surface area (Å²) in [6, 6.07) is 14.0. The quantitative estimate of drug-likeness (QED) is 0.361. The van der Waals surface area contributed by atoms with Gasteiger partial charge in [-0.05, 0) is 42.8 Å². The Labute approximate surface area is 194 Å². The summed E-state index contributed by atoms with van der Waals surface area (Å²) in [5.74, 6) is 0.678. The van der Waals surface area contributed by atoms with Crippen LogP contribution in [-0.4, -0.2) is 53.1 Å².